The molecule has 112 valence electrons. The number of thiophene rings is 1. The molecule has 0 amide bonds. The van der Waals surface area contributed by atoms with Gasteiger partial charge in [-0.3, -0.25) is 4.90 Å². The lowest BCUT2D eigenvalue weighted by Gasteiger charge is -2.32. The molecule has 0 saturated heterocycles. The van der Waals surface area contributed by atoms with Crippen LogP contribution in [0.25, 0.3) is 5.69 Å². The van der Waals surface area contributed by atoms with Gasteiger partial charge in [0.25, 0.3) is 0 Å². The minimum atomic E-state index is 0.413. The fraction of sp³-hybridized carbons (Fsp3) is 0.312. The Morgan fingerprint density at radius 3 is 2.95 bits per heavy atom. The number of fused-ring (bicyclic) bond motifs is 1. The number of benzene rings is 1. The molecule has 3 aromatic rings. The van der Waals surface area contributed by atoms with Crippen molar-refractivity contribution in [1.29, 1.82) is 0 Å². The van der Waals surface area contributed by atoms with Gasteiger partial charge in [0.2, 0.25) is 0 Å². The highest BCUT2D eigenvalue weighted by atomic mass is 32.1. The van der Waals surface area contributed by atoms with Crippen LogP contribution in [0.15, 0.2) is 41.8 Å². The minimum Gasteiger partial charge on any atom is -0.289 e. The first-order valence-corrected chi connectivity index (χ1v) is 8.34. The van der Waals surface area contributed by atoms with Crippen molar-refractivity contribution in [3.63, 3.8) is 0 Å². The van der Waals surface area contributed by atoms with E-state index in [-0.39, 0.29) is 0 Å². The third-order valence-electron chi connectivity index (χ3n) is 4.28. The summed E-state index contributed by atoms with van der Waals surface area (Å²) < 4.78 is 1.83. The first-order chi connectivity index (χ1) is 10.8. The maximum atomic E-state index is 4.23. The summed E-state index contributed by atoms with van der Waals surface area (Å²) in [5.74, 6) is 0.886. The van der Waals surface area contributed by atoms with Crippen LogP contribution in [0.1, 0.15) is 29.2 Å². The number of hydrogen-bond acceptors (Lipinski definition) is 5. The van der Waals surface area contributed by atoms with Crippen LogP contribution >= 0.6 is 11.3 Å². The first-order valence-electron chi connectivity index (χ1n) is 7.46. The lowest BCUT2D eigenvalue weighted by Crippen LogP contribution is -2.33. The predicted octanol–water partition coefficient (Wildman–Crippen LogP) is 2.84. The average molecular weight is 311 g/mol. The summed E-state index contributed by atoms with van der Waals surface area (Å²) in [6.07, 6.45) is 1.12. The van der Waals surface area contributed by atoms with Gasteiger partial charge in [0.05, 0.1) is 12.2 Å². The molecule has 1 unspecified atom stereocenters. The van der Waals surface area contributed by atoms with Crippen LogP contribution in [0.3, 0.4) is 0 Å². The minimum absolute atomic E-state index is 0.413. The standard InChI is InChI=1S/C16H17N5S/c1-12-14-8-10-22-15(14)7-9-20(12)11-16-17-18-19-21(16)13-5-3-2-4-6-13/h2-6,8,10,12H,7,9,11H2,1H3. The maximum Gasteiger partial charge on any atom is 0.170 e. The monoisotopic (exact) mass is 311 g/mol. The second-order valence-electron chi connectivity index (χ2n) is 5.54. The molecule has 0 spiro atoms. The Labute approximate surface area is 133 Å². The van der Waals surface area contributed by atoms with E-state index in [2.05, 4.69) is 38.8 Å². The molecule has 0 radical (unpaired) electrons. The van der Waals surface area contributed by atoms with E-state index in [9.17, 15) is 0 Å². The van der Waals surface area contributed by atoms with Crippen molar-refractivity contribution in [1.82, 2.24) is 25.1 Å². The largest absolute Gasteiger partial charge is 0.289 e. The number of nitrogens with zero attached hydrogens (tertiary/aromatic N) is 5. The number of rotatable bonds is 3. The van der Waals surface area contributed by atoms with Crippen molar-refractivity contribution in [2.24, 2.45) is 0 Å². The van der Waals surface area contributed by atoms with E-state index >= 15 is 0 Å². The van der Waals surface area contributed by atoms with E-state index in [0.717, 1.165) is 31.0 Å². The molecular weight excluding hydrogens is 294 g/mol. The summed E-state index contributed by atoms with van der Waals surface area (Å²) >= 11 is 1.87. The van der Waals surface area contributed by atoms with Crippen LogP contribution in [0, 0.1) is 0 Å². The SMILES string of the molecule is CC1c2ccsc2CCN1Cc1nnnn1-c1ccccc1. The smallest absolute Gasteiger partial charge is 0.170 e. The lowest BCUT2D eigenvalue weighted by molar-refractivity contribution is 0.185. The van der Waals surface area contributed by atoms with E-state index in [1.165, 1.54) is 10.4 Å². The van der Waals surface area contributed by atoms with Crippen molar-refractivity contribution >= 4 is 11.3 Å². The number of hydrogen-bond donors (Lipinski definition) is 0. The van der Waals surface area contributed by atoms with Gasteiger partial charge >= 0.3 is 0 Å². The Hall–Kier alpha value is -2.05. The van der Waals surface area contributed by atoms with Gasteiger partial charge in [-0.2, -0.15) is 4.68 Å². The van der Waals surface area contributed by atoms with Gasteiger partial charge in [-0.15, -0.1) is 16.4 Å². The summed E-state index contributed by atoms with van der Waals surface area (Å²) in [5.41, 5.74) is 2.46. The molecule has 0 N–H and O–H groups in total. The zero-order chi connectivity index (χ0) is 14.9. The molecule has 22 heavy (non-hydrogen) atoms. The molecule has 4 rings (SSSR count). The molecule has 1 aromatic carbocycles. The normalized spacial score (nSPS) is 18.3. The molecule has 6 heteroatoms. The Morgan fingerprint density at radius 2 is 2.09 bits per heavy atom. The number of tetrazole rings is 1. The van der Waals surface area contributed by atoms with Gasteiger partial charge in [-0.1, -0.05) is 18.2 Å². The Balaban J connectivity index is 1.59. The second kappa shape index (κ2) is 5.62. The van der Waals surface area contributed by atoms with Crippen molar-refractivity contribution in [3.05, 3.63) is 58.0 Å². The van der Waals surface area contributed by atoms with Crippen molar-refractivity contribution < 1.29 is 0 Å². The quantitative estimate of drug-likeness (QED) is 0.746. The Bertz CT molecular complexity index is 764. The van der Waals surface area contributed by atoms with E-state index in [1.54, 1.807) is 0 Å². The van der Waals surface area contributed by atoms with Gasteiger partial charge < -0.3 is 0 Å². The number of para-hydroxylation sites is 1. The third kappa shape index (κ3) is 2.34. The average Bonchev–Trinajstić information content (AvgIpc) is 3.20. The molecule has 1 aliphatic rings. The van der Waals surface area contributed by atoms with E-state index < -0.39 is 0 Å². The van der Waals surface area contributed by atoms with E-state index in [4.69, 9.17) is 0 Å². The van der Waals surface area contributed by atoms with Crippen LogP contribution in [-0.2, 0) is 13.0 Å². The lowest BCUT2D eigenvalue weighted by atomic mass is 10.0. The third-order valence-corrected chi connectivity index (χ3v) is 5.28. The highest BCUT2D eigenvalue weighted by molar-refractivity contribution is 7.10. The second-order valence-corrected chi connectivity index (χ2v) is 6.54. The summed E-state index contributed by atoms with van der Waals surface area (Å²) in [7, 11) is 0. The predicted molar refractivity (Wildman–Crippen MR) is 86.0 cm³/mol. The fourth-order valence-electron chi connectivity index (χ4n) is 3.03. The van der Waals surface area contributed by atoms with Crippen molar-refractivity contribution in [2.45, 2.75) is 25.9 Å². The first kappa shape index (κ1) is 13.6. The van der Waals surface area contributed by atoms with Crippen LogP contribution in [-0.4, -0.2) is 31.7 Å². The molecule has 2 aromatic heterocycles. The molecule has 0 fully saturated rings. The van der Waals surface area contributed by atoms with Gasteiger partial charge in [-0.25, -0.2) is 0 Å². The van der Waals surface area contributed by atoms with Gasteiger partial charge in [0.15, 0.2) is 5.82 Å². The van der Waals surface area contributed by atoms with Crippen LogP contribution < -0.4 is 0 Å². The molecule has 1 atom stereocenters. The fourth-order valence-corrected chi connectivity index (χ4v) is 4.00. The van der Waals surface area contributed by atoms with E-state index in [0.29, 0.717) is 6.04 Å². The molecule has 0 aliphatic carbocycles. The summed E-state index contributed by atoms with van der Waals surface area (Å²) in [6.45, 7) is 4.08. The van der Waals surface area contributed by atoms with Gasteiger partial charge in [0.1, 0.15) is 0 Å². The van der Waals surface area contributed by atoms with Crippen molar-refractivity contribution in [3.8, 4) is 5.69 Å². The van der Waals surface area contributed by atoms with Crippen LogP contribution in [0.2, 0.25) is 0 Å². The molecule has 1 aliphatic heterocycles. The summed E-state index contributed by atoms with van der Waals surface area (Å²) in [4.78, 5) is 3.96. The summed E-state index contributed by atoms with van der Waals surface area (Å²) in [5, 5.41) is 14.4. The van der Waals surface area contributed by atoms with Crippen molar-refractivity contribution in [2.75, 3.05) is 6.54 Å². The Kier molecular flexibility index (Phi) is 3.48. The number of aromatic nitrogens is 4. The van der Waals surface area contributed by atoms with Gasteiger partial charge in [-0.05, 0) is 52.9 Å². The van der Waals surface area contributed by atoms with Gasteiger partial charge in [0, 0.05) is 17.5 Å². The zero-order valence-corrected chi connectivity index (χ0v) is 13.2. The molecule has 3 heterocycles. The molecule has 0 bridgehead atoms. The van der Waals surface area contributed by atoms with Crippen LogP contribution in [0.4, 0.5) is 0 Å². The molecular formula is C16H17N5S. The summed E-state index contributed by atoms with van der Waals surface area (Å²) in [6, 6.07) is 12.7. The molecule has 0 saturated carbocycles. The Morgan fingerprint density at radius 1 is 1.23 bits per heavy atom. The topological polar surface area (TPSA) is 46.8 Å². The highest BCUT2D eigenvalue weighted by Gasteiger charge is 2.26. The molecule has 5 nitrogen and oxygen atoms in total. The van der Waals surface area contributed by atoms with E-state index in [1.807, 2.05) is 46.4 Å². The highest BCUT2D eigenvalue weighted by Crippen LogP contribution is 2.33. The van der Waals surface area contributed by atoms with Crippen LogP contribution in [0.5, 0.6) is 0 Å². The zero-order valence-electron chi connectivity index (χ0n) is 12.4. The maximum absolute atomic E-state index is 4.23.